The van der Waals surface area contributed by atoms with E-state index in [0.29, 0.717) is 12.5 Å². The van der Waals surface area contributed by atoms with Crippen LogP contribution in [0.25, 0.3) is 0 Å². The zero-order valence-electron chi connectivity index (χ0n) is 13.3. The van der Waals surface area contributed by atoms with E-state index in [1.165, 1.54) is 5.56 Å². The molecule has 1 rings (SSSR count). The molecule has 0 saturated heterocycles. The van der Waals surface area contributed by atoms with E-state index in [0.717, 1.165) is 29.7 Å². The standard InChI is InChI=1S/C17H26O3/c1-6-15-10-14(8-12(3)4)9-13(5)17(15)20-11-16(18)19-7-2/h9-10,12H,6-8,11H2,1-5H3. The highest BCUT2D eigenvalue weighted by molar-refractivity contribution is 5.71. The molecule has 0 radical (unpaired) electrons. The lowest BCUT2D eigenvalue weighted by atomic mass is 9.97. The summed E-state index contributed by atoms with van der Waals surface area (Å²) in [6.45, 7) is 10.7. The quantitative estimate of drug-likeness (QED) is 0.713. The summed E-state index contributed by atoms with van der Waals surface area (Å²) in [5.41, 5.74) is 3.58. The summed E-state index contributed by atoms with van der Waals surface area (Å²) < 4.78 is 10.5. The molecule has 0 N–H and O–H groups in total. The van der Waals surface area contributed by atoms with Crippen LogP contribution in [-0.2, 0) is 22.4 Å². The summed E-state index contributed by atoms with van der Waals surface area (Å²) in [5.74, 6) is 1.14. The maximum absolute atomic E-state index is 11.4. The van der Waals surface area contributed by atoms with Crippen LogP contribution < -0.4 is 4.74 Å². The van der Waals surface area contributed by atoms with Crippen molar-refractivity contribution in [2.75, 3.05) is 13.2 Å². The molecular formula is C17H26O3. The second-order valence-corrected chi connectivity index (χ2v) is 5.45. The van der Waals surface area contributed by atoms with Gasteiger partial charge in [0.2, 0.25) is 0 Å². The number of hydrogen-bond acceptors (Lipinski definition) is 3. The van der Waals surface area contributed by atoms with Crippen LogP contribution in [-0.4, -0.2) is 19.2 Å². The molecule has 0 atom stereocenters. The van der Waals surface area contributed by atoms with Crippen LogP contribution in [0.15, 0.2) is 12.1 Å². The van der Waals surface area contributed by atoms with E-state index in [9.17, 15) is 4.79 Å². The van der Waals surface area contributed by atoms with Crippen LogP contribution in [0.5, 0.6) is 5.75 Å². The first kappa shape index (κ1) is 16.5. The minimum absolute atomic E-state index is 0.0226. The number of benzene rings is 1. The fraction of sp³-hybridized carbons (Fsp3) is 0.588. The van der Waals surface area contributed by atoms with Gasteiger partial charge >= 0.3 is 5.97 Å². The Morgan fingerprint density at radius 2 is 1.95 bits per heavy atom. The average molecular weight is 278 g/mol. The Balaban J connectivity index is 2.87. The summed E-state index contributed by atoms with van der Waals surface area (Å²) in [6, 6.07) is 4.34. The molecule has 0 aliphatic heterocycles. The SMILES string of the molecule is CCOC(=O)COc1c(C)cc(CC(C)C)cc1CC. The second kappa shape index (κ2) is 7.93. The summed E-state index contributed by atoms with van der Waals surface area (Å²) in [6.07, 6.45) is 1.96. The molecular weight excluding hydrogens is 252 g/mol. The van der Waals surface area contributed by atoms with Crippen LogP contribution in [0, 0.1) is 12.8 Å². The molecule has 3 heteroatoms. The number of hydrogen-bond donors (Lipinski definition) is 0. The highest BCUT2D eigenvalue weighted by Crippen LogP contribution is 2.27. The minimum Gasteiger partial charge on any atom is -0.481 e. The Bertz CT molecular complexity index is 450. The van der Waals surface area contributed by atoms with Gasteiger partial charge in [0.05, 0.1) is 6.61 Å². The van der Waals surface area contributed by atoms with Crippen LogP contribution >= 0.6 is 0 Å². The molecule has 1 aromatic rings. The number of aryl methyl sites for hydroxylation is 2. The average Bonchev–Trinajstić information content (AvgIpc) is 2.36. The second-order valence-electron chi connectivity index (χ2n) is 5.45. The first-order chi connectivity index (χ1) is 9.47. The van der Waals surface area contributed by atoms with Crippen molar-refractivity contribution in [3.8, 4) is 5.75 Å². The lowest BCUT2D eigenvalue weighted by molar-refractivity contribution is -0.145. The van der Waals surface area contributed by atoms with E-state index in [4.69, 9.17) is 9.47 Å². The predicted molar refractivity (Wildman–Crippen MR) is 81.2 cm³/mol. The molecule has 0 spiro atoms. The van der Waals surface area contributed by atoms with E-state index in [1.54, 1.807) is 6.92 Å². The normalized spacial score (nSPS) is 10.7. The van der Waals surface area contributed by atoms with Gasteiger partial charge in [0.25, 0.3) is 0 Å². The molecule has 0 aliphatic carbocycles. The van der Waals surface area contributed by atoms with Gasteiger partial charge in [-0.15, -0.1) is 0 Å². The molecule has 0 heterocycles. The topological polar surface area (TPSA) is 35.5 Å². The van der Waals surface area contributed by atoms with Gasteiger partial charge in [-0.25, -0.2) is 4.79 Å². The first-order valence-corrected chi connectivity index (χ1v) is 7.38. The zero-order valence-corrected chi connectivity index (χ0v) is 13.3. The molecule has 0 saturated carbocycles. The predicted octanol–water partition coefficient (Wildman–Crippen LogP) is 3.70. The smallest absolute Gasteiger partial charge is 0.344 e. The Kier molecular flexibility index (Phi) is 6.56. The first-order valence-electron chi connectivity index (χ1n) is 7.38. The van der Waals surface area contributed by atoms with Crippen LogP contribution in [0.2, 0.25) is 0 Å². The van der Waals surface area contributed by atoms with Gasteiger partial charge in [-0.1, -0.05) is 32.9 Å². The third kappa shape index (κ3) is 4.87. The highest BCUT2D eigenvalue weighted by Gasteiger charge is 2.11. The van der Waals surface area contributed by atoms with Crippen molar-refractivity contribution < 1.29 is 14.3 Å². The zero-order chi connectivity index (χ0) is 15.1. The lowest BCUT2D eigenvalue weighted by Gasteiger charge is -2.16. The van der Waals surface area contributed by atoms with E-state index >= 15 is 0 Å². The Morgan fingerprint density at radius 3 is 2.50 bits per heavy atom. The Morgan fingerprint density at radius 1 is 1.25 bits per heavy atom. The van der Waals surface area contributed by atoms with E-state index in [2.05, 4.69) is 32.9 Å². The molecule has 1 aromatic carbocycles. The maximum atomic E-state index is 11.4. The van der Waals surface area contributed by atoms with Gasteiger partial charge in [-0.3, -0.25) is 0 Å². The highest BCUT2D eigenvalue weighted by atomic mass is 16.6. The van der Waals surface area contributed by atoms with Gasteiger partial charge in [0.15, 0.2) is 6.61 Å². The van der Waals surface area contributed by atoms with Crippen LogP contribution in [0.3, 0.4) is 0 Å². The van der Waals surface area contributed by atoms with Crippen molar-refractivity contribution in [2.45, 2.75) is 47.5 Å². The van der Waals surface area contributed by atoms with Crippen molar-refractivity contribution in [1.82, 2.24) is 0 Å². The molecule has 0 unspecified atom stereocenters. The third-order valence-electron chi connectivity index (χ3n) is 3.08. The largest absolute Gasteiger partial charge is 0.481 e. The molecule has 0 bridgehead atoms. The Labute approximate surface area is 122 Å². The van der Waals surface area contributed by atoms with Crippen molar-refractivity contribution in [2.24, 2.45) is 5.92 Å². The monoisotopic (exact) mass is 278 g/mol. The fourth-order valence-corrected chi connectivity index (χ4v) is 2.32. The van der Waals surface area contributed by atoms with Crippen molar-refractivity contribution >= 4 is 5.97 Å². The van der Waals surface area contributed by atoms with Gasteiger partial charge < -0.3 is 9.47 Å². The number of ether oxygens (including phenoxy) is 2. The minimum atomic E-state index is -0.319. The molecule has 0 aliphatic rings. The molecule has 3 nitrogen and oxygen atoms in total. The van der Waals surface area contributed by atoms with E-state index in [1.807, 2.05) is 6.92 Å². The van der Waals surface area contributed by atoms with Crippen LogP contribution in [0.1, 0.15) is 44.4 Å². The van der Waals surface area contributed by atoms with Gasteiger partial charge in [-0.05, 0) is 49.3 Å². The Hall–Kier alpha value is -1.51. The van der Waals surface area contributed by atoms with Crippen molar-refractivity contribution in [1.29, 1.82) is 0 Å². The van der Waals surface area contributed by atoms with Gasteiger partial charge in [-0.2, -0.15) is 0 Å². The molecule has 0 aromatic heterocycles. The van der Waals surface area contributed by atoms with Crippen molar-refractivity contribution in [3.05, 3.63) is 28.8 Å². The summed E-state index contributed by atoms with van der Waals surface area (Å²) >= 11 is 0. The molecule has 0 fully saturated rings. The number of carbonyl (C=O) groups excluding carboxylic acids is 1. The summed E-state index contributed by atoms with van der Waals surface area (Å²) in [5, 5.41) is 0. The summed E-state index contributed by atoms with van der Waals surface area (Å²) in [7, 11) is 0. The maximum Gasteiger partial charge on any atom is 0.344 e. The lowest BCUT2D eigenvalue weighted by Crippen LogP contribution is -2.16. The van der Waals surface area contributed by atoms with Gasteiger partial charge in [0, 0.05) is 0 Å². The third-order valence-corrected chi connectivity index (χ3v) is 3.08. The number of esters is 1. The summed E-state index contributed by atoms with van der Waals surface area (Å²) in [4.78, 5) is 11.4. The van der Waals surface area contributed by atoms with Crippen molar-refractivity contribution in [3.63, 3.8) is 0 Å². The van der Waals surface area contributed by atoms with Gasteiger partial charge in [0.1, 0.15) is 5.75 Å². The number of carbonyl (C=O) groups is 1. The van der Waals surface area contributed by atoms with E-state index in [-0.39, 0.29) is 12.6 Å². The number of rotatable bonds is 7. The fourth-order valence-electron chi connectivity index (χ4n) is 2.32. The van der Waals surface area contributed by atoms with E-state index < -0.39 is 0 Å². The molecule has 112 valence electrons. The molecule has 0 amide bonds. The molecule has 20 heavy (non-hydrogen) atoms. The van der Waals surface area contributed by atoms with Crippen LogP contribution in [0.4, 0.5) is 0 Å².